The van der Waals surface area contributed by atoms with Gasteiger partial charge in [0.2, 0.25) is 5.91 Å². The number of urea groups is 1. The molecule has 2 aromatic rings. The van der Waals surface area contributed by atoms with E-state index in [4.69, 9.17) is 0 Å². The molecular weight excluding hydrogens is 354 g/mol. The summed E-state index contributed by atoms with van der Waals surface area (Å²) in [5.74, 6) is -0.655. The van der Waals surface area contributed by atoms with Gasteiger partial charge in [-0.3, -0.25) is 14.5 Å². The molecule has 1 fully saturated rings. The van der Waals surface area contributed by atoms with Crippen LogP contribution in [-0.4, -0.2) is 35.8 Å². The lowest BCUT2D eigenvalue weighted by Crippen LogP contribution is -2.43. The quantitative estimate of drug-likeness (QED) is 0.758. The summed E-state index contributed by atoms with van der Waals surface area (Å²) in [6, 6.07) is 16.7. The third-order valence-electron chi connectivity index (χ3n) is 5.18. The average molecular weight is 379 g/mol. The lowest BCUT2D eigenvalue weighted by molar-refractivity contribution is -0.134. The summed E-state index contributed by atoms with van der Waals surface area (Å²) < 4.78 is 0. The highest BCUT2D eigenvalue weighted by Crippen LogP contribution is 2.28. The smallest absolute Gasteiger partial charge is 0.325 e. The standard InChI is InChI=1S/C22H25N3O3/c1-15-9-11-18(12-10-15)22(3)20(27)25(21(28)24-22)14-19(26)23-13-16(2)17-7-5-4-6-8-17/h4-12,16H,13-14H2,1-3H3,(H,23,26)(H,24,28)/t16-,22+/m0/s1. The van der Waals surface area contributed by atoms with Crippen molar-refractivity contribution in [3.63, 3.8) is 0 Å². The molecule has 2 atom stereocenters. The molecule has 0 aromatic heterocycles. The van der Waals surface area contributed by atoms with E-state index in [1.54, 1.807) is 6.92 Å². The number of nitrogens with one attached hydrogen (secondary N) is 2. The lowest BCUT2D eigenvalue weighted by Gasteiger charge is -2.22. The maximum absolute atomic E-state index is 12.9. The van der Waals surface area contributed by atoms with E-state index in [9.17, 15) is 14.4 Å². The highest BCUT2D eigenvalue weighted by atomic mass is 16.2. The van der Waals surface area contributed by atoms with E-state index in [0.717, 1.165) is 16.0 Å². The first-order valence-corrected chi connectivity index (χ1v) is 9.34. The van der Waals surface area contributed by atoms with Crippen molar-refractivity contribution in [2.45, 2.75) is 32.2 Å². The fraction of sp³-hybridized carbons (Fsp3) is 0.318. The highest BCUT2D eigenvalue weighted by Gasteiger charge is 2.49. The number of rotatable bonds is 6. The first kappa shape index (κ1) is 19.6. The van der Waals surface area contributed by atoms with Crippen molar-refractivity contribution in [3.8, 4) is 0 Å². The van der Waals surface area contributed by atoms with Crippen LogP contribution >= 0.6 is 0 Å². The van der Waals surface area contributed by atoms with Crippen LogP contribution in [0.25, 0.3) is 0 Å². The van der Waals surface area contributed by atoms with Gasteiger partial charge in [0.05, 0.1) is 0 Å². The minimum absolute atomic E-state index is 0.131. The Kier molecular flexibility index (Phi) is 5.49. The van der Waals surface area contributed by atoms with Crippen LogP contribution in [0, 0.1) is 6.92 Å². The van der Waals surface area contributed by atoms with E-state index in [-0.39, 0.29) is 18.4 Å². The number of amides is 4. The second-order valence-electron chi connectivity index (χ2n) is 7.43. The monoisotopic (exact) mass is 379 g/mol. The van der Waals surface area contributed by atoms with Crippen LogP contribution in [0.3, 0.4) is 0 Å². The summed E-state index contributed by atoms with van der Waals surface area (Å²) in [4.78, 5) is 38.5. The van der Waals surface area contributed by atoms with Gasteiger partial charge in [-0.05, 0) is 30.9 Å². The van der Waals surface area contributed by atoms with Crippen LogP contribution in [0.15, 0.2) is 54.6 Å². The third-order valence-corrected chi connectivity index (χ3v) is 5.18. The molecule has 6 heteroatoms. The largest absolute Gasteiger partial charge is 0.354 e. The highest BCUT2D eigenvalue weighted by molar-refractivity contribution is 6.09. The number of carbonyl (C=O) groups is 3. The molecule has 2 N–H and O–H groups in total. The second-order valence-corrected chi connectivity index (χ2v) is 7.43. The normalized spacial score (nSPS) is 20.0. The Morgan fingerprint density at radius 3 is 2.39 bits per heavy atom. The number of hydrogen-bond donors (Lipinski definition) is 2. The molecule has 0 spiro atoms. The SMILES string of the molecule is Cc1ccc([C@@]2(C)NC(=O)N(CC(=O)NC[C@H](C)c3ccccc3)C2=O)cc1. The van der Waals surface area contributed by atoms with Crippen molar-refractivity contribution >= 4 is 17.8 Å². The Hall–Kier alpha value is -3.15. The summed E-state index contributed by atoms with van der Waals surface area (Å²) in [6.07, 6.45) is 0. The number of nitrogens with zero attached hydrogens (tertiary/aromatic N) is 1. The van der Waals surface area contributed by atoms with Crippen LogP contribution in [0.4, 0.5) is 4.79 Å². The van der Waals surface area contributed by atoms with Crippen molar-refractivity contribution in [3.05, 3.63) is 71.3 Å². The number of hydrogen-bond acceptors (Lipinski definition) is 3. The van der Waals surface area contributed by atoms with E-state index >= 15 is 0 Å². The summed E-state index contributed by atoms with van der Waals surface area (Å²) in [5.41, 5.74) is 1.71. The Labute approximate surface area is 164 Å². The number of carbonyl (C=O) groups excluding carboxylic acids is 3. The molecular formula is C22H25N3O3. The van der Waals surface area contributed by atoms with Crippen LogP contribution in [0.1, 0.15) is 36.5 Å². The van der Waals surface area contributed by atoms with Crippen molar-refractivity contribution < 1.29 is 14.4 Å². The minimum Gasteiger partial charge on any atom is -0.354 e. The molecule has 28 heavy (non-hydrogen) atoms. The predicted octanol–water partition coefficient (Wildman–Crippen LogP) is 2.68. The number of aryl methyl sites for hydroxylation is 1. The molecule has 6 nitrogen and oxygen atoms in total. The zero-order valence-electron chi connectivity index (χ0n) is 16.4. The number of imide groups is 1. The topological polar surface area (TPSA) is 78.5 Å². The van der Waals surface area contributed by atoms with Gasteiger partial charge in [0.15, 0.2) is 0 Å². The van der Waals surface area contributed by atoms with Gasteiger partial charge in [-0.1, -0.05) is 67.1 Å². The maximum Gasteiger partial charge on any atom is 0.325 e. The molecule has 1 saturated heterocycles. The van der Waals surface area contributed by atoms with Crippen LogP contribution in [-0.2, 0) is 15.1 Å². The molecule has 3 rings (SSSR count). The van der Waals surface area contributed by atoms with E-state index in [0.29, 0.717) is 12.1 Å². The predicted molar refractivity (Wildman–Crippen MR) is 107 cm³/mol. The van der Waals surface area contributed by atoms with Gasteiger partial charge in [-0.15, -0.1) is 0 Å². The molecule has 2 aromatic carbocycles. The maximum atomic E-state index is 12.9. The second kappa shape index (κ2) is 7.84. The molecule has 1 heterocycles. The van der Waals surface area contributed by atoms with Gasteiger partial charge in [0, 0.05) is 6.54 Å². The van der Waals surface area contributed by atoms with Crippen LogP contribution in [0.2, 0.25) is 0 Å². The molecule has 0 aliphatic carbocycles. The zero-order valence-corrected chi connectivity index (χ0v) is 16.4. The fourth-order valence-corrected chi connectivity index (χ4v) is 3.29. The summed E-state index contributed by atoms with van der Waals surface area (Å²) in [6.45, 7) is 5.76. The third kappa shape index (κ3) is 3.91. The summed E-state index contributed by atoms with van der Waals surface area (Å²) in [5, 5.41) is 5.53. The Balaban J connectivity index is 1.62. The van der Waals surface area contributed by atoms with Crippen molar-refractivity contribution in [1.82, 2.24) is 15.5 Å². The molecule has 146 valence electrons. The lowest BCUT2D eigenvalue weighted by atomic mass is 9.91. The van der Waals surface area contributed by atoms with Gasteiger partial charge < -0.3 is 10.6 Å². The fourth-order valence-electron chi connectivity index (χ4n) is 3.29. The van der Waals surface area contributed by atoms with Gasteiger partial charge in [0.1, 0.15) is 12.1 Å². The Morgan fingerprint density at radius 1 is 1.11 bits per heavy atom. The molecule has 0 saturated carbocycles. The number of benzene rings is 2. The molecule has 4 amide bonds. The first-order valence-electron chi connectivity index (χ1n) is 9.34. The van der Waals surface area contributed by atoms with Gasteiger partial charge in [-0.25, -0.2) is 4.79 Å². The average Bonchev–Trinajstić information content (AvgIpc) is 2.91. The molecule has 0 unspecified atom stereocenters. The summed E-state index contributed by atoms with van der Waals surface area (Å²) >= 11 is 0. The molecule has 0 bridgehead atoms. The first-order chi connectivity index (χ1) is 13.3. The summed E-state index contributed by atoms with van der Waals surface area (Å²) in [7, 11) is 0. The van der Waals surface area contributed by atoms with Gasteiger partial charge in [0.25, 0.3) is 5.91 Å². The van der Waals surface area contributed by atoms with Gasteiger partial charge in [-0.2, -0.15) is 0 Å². The van der Waals surface area contributed by atoms with Crippen LogP contribution in [0.5, 0.6) is 0 Å². The van der Waals surface area contributed by atoms with E-state index in [1.165, 1.54) is 0 Å². The Morgan fingerprint density at radius 2 is 1.75 bits per heavy atom. The molecule has 1 aliphatic heterocycles. The zero-order chi connectivity index (χ0) is 20.3. The Bertz CT molecular complexity index is 880. The van der Waals surface area contributed by atoms with Crippen molar-refractivity contribution in [2.24, 2.45) is 0 Å². The molecule has 1 aliphatic rings. The van der Waals surface area contributed by atoms with E-state index in [2.05, 4.69) is 10.6 Å². The molecule has 0 radical (unpaired) electrons. The van der Waals surface area contributed by atoms with Crippen LogP contribution < -0.4 is 10.6 Å². The van der Waals surface area contributed by atoms with E-state index < -0.39 is 17.5 Å². The van der Waals surface area contributed by atoms with Crippen molar-refractivity contribution in [1.29, 1.82) is 0 Å². The van der Waals surface area contributed by atoms with E-state index in [1.807, 2.05) is 68.4 Å². The minimum atomic E-state index is -1.16. The van der Waals surface area contributed by atoms with Crippen molar-refractivity contribution in [2.75, 3.05) is 13.1 Å². The van der Waals surface area contributed by atoms with Gasteiger partial charge >= 0.3 is 6.03 Å².